The normalized spacial score (nSPS) is 21.8. The lowest BCUT2D eigenvalue weighted by Gasteiger charge is -2.18. The fraction of sp³-hybridized carbons (Fsp3) is 0.357. The van der Waals surface area contributed by atoms with Crippen molar-refractivity contribution in [2.75, 3.05) is 6.54 Å². The van der Waals surface area contributed by atoms with E-state index in [1.807, 2.05) is 13.0 Å². The van der Waals surface area contributed by atoms with Crippen LogP contribution in [0.2, 0.25) is 0 Å². The van der Waals surface area contributed by atoms with Crippen LogP contribution in [0.5, 0.6) is 0 Å². The summed E-state index contributed by atoms with van der Waals surface area (Å²) < 4.78 is 0. The topological polar surface area (TPSA) is 66.5 Å². The van der Waals surface area contributed by atoms with Gasteiger partial charge in [-0.3, -0.25) is 19.3 Å². The van der Waals surface area contributed by atoms with Gasteiger partial charge in [0.1, 0.15) is 0 Å². The number of aryl methyl sites for hydroxylation is 1. The maximum absolute atomic E-state index is 12.2. The highest BCUT2D eigenvalue weighted by atomic mass is 16.2. The number of rotatable bonds is 2. The van der Waals surface area contributed by atoms with Gasteiger partial charge in [-0.15, -0.1) is 0 Å². The molecule has 0 bridgehead atoms. The van der Waals surface area contributed by atoms with Crippen LogP contribution >= 0.6 is 0 Å². The second-order valence-corrected chi connectivity index (χ2v) is 5.07. The average molecular weight is 258 g/mol. The van der Waals surface area contributed by atoms with E-state index in [2.05, 4.69) is 5.32 Å². The Balaban J connectivity index is 1.84. The first-order valence-corrected chi connectivity index (χ1v) is 6.32. The second kappa shape index (κ2) is 4.19. The Morgan fingerprint density at radius 1 is 1.21 bits per heavy atom. The Morgan fingerprint density at radius 3 is 2.63 bits per heavy atom. The number of nitrogens with zero attached hydrogens (tertiary/aromatic N) is 1. The van der Waals surface area contributed by atoms with Gasteiger partial charge in [-0.25, -0.2) is 0 Å². The van der Waals surface area contributed by atoms with Gasteiger partial charge >= 0.3 is 0 Å². The number of carbonyl (C=O) groups is 3. The molecule has 0 unspecified atom stereocenters. The molecule has 3 amide bonds. The molecule has 2 aliphatic rings. The minimum Gasteiger partial charge on any atom is -0.352 e. The molecule has 1 aromatic rings. The van der Waals surface area contributed by atoms with Gasteiger partial charge in [0, 0.05) is 19.0 Å². The summed E-state index contributed by atoms with van der Waals surface area (Å²) in [7, 11) is 0. The van der Waals surface area contributed by atoms with E-state index in [1.165, 1.54) is 4.90 Å². The molecule has 2 aliphatic heterocycles. The molecule has 1 saturated heterocycles. The Bertz CT molecular complexity index is 594. The van der Waals surface area contributed by atoms with Crippen molar-refractivity contribution in [2.24, 2.45) is 0 Å². The fourth-order valence-electron chi connectivity index (χ4n) is 2.61. The summed E-state index contributed by atoms with van der Waals surface area (Å²) in [5.41, 5.74) is 1.88. The summed E-state index contributed by atoms with van der Waals surface area (Å²) in [5.74, 6) is -0.538. The standard InChI is InChI=1S/C14H14N2O3/c1-8-2-4-10-11(6-8)14(19)16(13(10)18)7-9-3-5-12(17)15-9/h2,4,6,9H,3,5,7H2,1H3,(H,15,17)/t9-/m0/s1. The van der Waals surface area contributed by atoms with E-state index in [-0.39, 0.29) is 30.3 Å². The Kier molecular flexibility index (Phi) is 2.62. The lowest BCUT2D eigenvalue weighted by Crippen LogP contribution is -2.41. The zero-order chi connectivity index (χ0) is 13.6. The molecule has 0 aliphatic carbocycles. The molecular formula is C14H14N2O3. The lowest BCUT2D eigenvalue weighted by atomic mass is 10.1. The first-order chi connectivity index (χ1) is 9.06. The summed E-state index contributed by atoms with van der Waals surface area (Å²) in [5, 5.41) is 2.77. The first-order valence-electron chi connectivity index (χ1n) is 6.32. The van der Waals surface area contributed by atoms with Crippen LogP contribution < -0.4 is 5.32 Å². The molecule has 98 valence electrons. The summed E-state index contributed by atoms with van der Waals surface area (Å²) in [6.45, 7) is 2.15. The molecule has 0 spiro atoms. The predicted molar refractivity (Wildman–Crippen MR) is 67.7 cm³/mol. The highest BCUT2D eigenvalue weighted by Gasteiger charge is 2.37. The van der Waals surface area contributed by atoms with E-state index in [4.69, 9.17) is 0 Å². The van der Waals surface area contributed by atoms with Crippen LogP contribution in [-0.4, -0.2) is 35.2 Å². The van der Waals surface area contributed by atoms with Gasteiger partial charge in [0.05, 0.1) is 11.1 Å². The van der Waals surface area contributed by atoms with E-state index >= 15 is 0 Å². The molecule has 1 aromatic carbocycles. The quantitative estimate of drug-likeness (QED) is 0.800. The number of benzene rings is 1. The van der Waals surface area contributed by atoms with Gasteiger partial charge in [-0.1, -0.05) is 11.6 Å². The van der Waals surface area contributed by atoms with Crippen molar-refractivity contribution in [1.82, 2.24) is 10.2 Å². The van der Waals surface area contributed by atoms with Crippen LogP contribution in [0.3, 0.4) is 0 Å². The van der Waals surface area contributed by atoms with Crippen molar-refractivity contribution in [3.05, 3.63) is 34.9 Å². The van der Waals surface area contributed by atoms with Gasteiger partial charge < -0.3 is 5.32 Å². The number of fused-ring (bicyclic) bond motifs is 1. The van der Waals surface area contributed by atoms with E-state index in [9.17, 15) is 14.4 Å². The molecule has 1 atom stereocenters. The van der Waals surface area contributed by atoms with Gasteiger partial charge in [0.25, 0.3) is 11.8 Å². The molecule has 2 heterocycles. The van der Waals surface area contributed by atoms with Gasteiger partial charge in [0.15, 0.2) is 0 Å². The molecule has 1 N–H and O–H groups in total. The fourth-order valence-corrected chi connectivity index (χ4v) is 2.61. The number of imide groups is 1. The Hall–Kier alpha value is -2.17. The van der Waals surface area contributed by atoms with Crippen LogP contribution in [-0.2, 0) is 4.79 Å². The maximum Gasteiger partial charge on any atom is 0.261 e. The zero-order valence-corrected chi connectivity index (χ0v) is 10.6. The van der Waals surface area contributed by atoms with Crippen LogP contribution in [0, 0.1) is 6.92 Å². The monoisotopic (exact) mass is 258 g/mol. The molecule has 0 radical (unpaired) electrons. The number of hydrogen-bond acceptors (Lipinski definition) is 3. The molecule has 3 rings (SSSR count). The van der Waals surface area contributed by atoms with Gasteiger partial charge in [-0.05, 0) is 25.5 Å². The summed E-state index contributed by atoms with van der Waals surface area (Å²) in [4.78, 5) is 36.8. The molecular weight excluding hydrogens is 244 g/mol. The third kappa shape index (κ3) is 1.91. The van der Waals surface area contributed by atoms with Crippen LogP contribution in [0.4, 0.5) is 0 Å². The number of amides is 3. The third-order valence-corrected chi connectivity index (χ3v) is 3.61. The van der Waals surface area contributed by atoms with Gasteiger partial charge in [-0.2, -0.15) is 0 Å². The van der Waals surface area contributed by atoms with Crippen molar-refractivity contribution in [1.29, 1.82) is 0 Å². The lowest BCUT2D eigenvalue weighted by molar-refractivity contribution is -0.119. The molecule has 0 saturated carbocycles. The zero-order valence-electron chi connectivity index (χ0n) is 10.6. The van der Waals surface area contributed by atoms with E-state index < -0.39 is 0 Å². The first kappa shape index (κ1) is 11.9. The Labute approximate surface area is 110 Å². The molecule has 5 heteroatoms. The van der Waals surface area contributed by atoms with Crippen LogP contribution in [0.15, 0.2) is 18.2 Å². The number of hydrogen-bond donors (Lipinski definition) is 1. The number of nitrogens with one attached hydrogen (secondary N) is 1. The van der Waals surface area contributed by atoms with Gasteiger partial charge in [0.2, 0.25) is 5.91 Å². The summed E-state index contributed by atoms with van der Waals surface area (Å²) >= 11 is 0. The van der Waals surface area contributed by atoms with Crippen molar-refractivity contribution in [2.45, 2.75) is 25.8 Å². The molecule has 0 aromatic heterocycles. The summed E-state index contributed by atoms with van der Waals surface area (Å²) in [6.07, 6.45) is 1.14. The second-order valence-electron chi connectivity index (χ2n) is 5.07. The highest BCUT2D eigenvalue weighted by molar-refractivity contribution is 6.21. The highest BCUT2D eigenvalue weighted by Crippen LogP contribution is 2.24. The predicted octanol–water partition coefficient (Wildman–Crippen LogP) is 0.870. The average Bonchev–Trinajstić information content (AvgIpc) is 2.88. The van der Waals surface area contributed by atoms with E-state index in [0.717, 1.165) is 5.56 Å². The molecule has 19 heavy (non-hydrogen) atoms. The minimum atomic E-state index is -0.263. The van der Waals surface area contributed by atoms with Crippen molar-refractivity contribution in [3.63, 3.8) is 0 Å². The summed E-state index contributed by atoms with van der Waals surface area (Å²) in [6, 6.07) is 5.14. The van der Waals surface area contributed by atoms with E-state index in [0.29, 0.717) is 24.0 Å². The van der Waals surface area contributed by atoms with Crippen LogP contribution in [0.1, 0.15) is 39.1 Å². The number of carbonyl (C=O) groups excluding carboxylic acids is 3. The van der Waals surface area contributed by atoms with E-state index in [1.54, 1.807) is 12.1 Å². The van der Waals surface area contributed by atoms with Crippen molar-refractivity contribution in [3.8, 4) is 0 Å². The van der Waals surface area contributed by atoms with Crippen molar-refractivity contribution < 1.29 is 14.4 Å². The minimum absolute atomic E-state index is 0.0162. The van der Waals surface area contributed by atoms with Crippen LogP contribution in [0.25, 0.3) is 0 Å². The largest absolute Gasteiger partial charge is 0.352 e. The SMILES string of the molecule is Cc1ccc2c(c1)C(=O)N(C[C@@H]1CCC(=O)N1)C2=O. The maximum atomic E-state index is 12.2. The third-order valence-electron chi connectivity index (χ3n) is 3.61. The molecule has 1 fully saturated rings. The molecule has 5 nitrogen and oxygen atoms in total. The smallest absolute Gasteiger partial charge is 0.261 e. The Morgan fingerprint density at radius 2 is 1.95 bits per heavy atom. The van der Waals surface area contributed by atoms with Crippen molar-refractivity contribution >= 4 is 17.7 Å².